The molecule has 1 amide bonds. The largest absolute Gasteiger partial charge is 0.506 e. The Labute approximate surface area is 233 Å². The summed E-state index contributed by atoms with van der Waals surface area (Å²) in [7, 11) is 0. The van der Waals surface area contributed by atoms with Gasteiger partial charge in [0.15, 0.2) is 4.80 Å². The molecule has 2 heterocycles. The fraction of sp³-hybridized carbons (Fsp3) is 0.0741. The molecule has 5 rings (SSSR count). The highest BCUT2D eigenvalue weighted by Crippen LogP contribution is 2.31. The summed E-state index contributed by atoms with van der Waals surface area (Å²) in [4.78, 5) is 32.2. The van der Waals surface area contributed by atoms with E-state index in [0.29, 0.717) is 40.4 Å². The molecule has 0 bridgehead atoms. The number of thiazole rings is 1. The van der Waals surface area contributed by atoms with Crippen molar-refractivity contribution < 1.29 is 14.3 Å². The molecule has 6 nitrogen and oxygen atoms in total. The quantitative estimate of drug-likeness (QED) is 0.308. The maximum atomic E-state index is 13.8. The third kappa shape index (κ3) is 4.98. The predicted molar refractivity (Wildman–Crippen MR) is 151 cm³/mol. The molecule has 0 fully saturated rings. The van der Waals surface area contributed by atoms with Crippen molar-refractivity contribution in [3.05, 3.63) is 123 Å². The summed E-state index contributed by atoms with van der Waals surface area (Å²) in [5, 5.41) is 13.8. The van der Waals surface area contributed by atoms with E-state index in [-0.39, 0.29) is 11.3 Å². The number of phenols is 1. The molecule has 1 aliphatic rings. The molecule has 4 aromatic rings. The van der Waals surface area contributed by atoms with Gasteiger partial charge in [0, 0.05) is 16.3 Å². The van der Waals surface area contributed by atoms with E-state index >= 15 is 0 Å². The Kier molecular flexibility index (Phi) is 7.02. The second-order valence-electron chi connectivity index (χ2n) is 8.28. The fourth-order valence-electron chi connectivity index (χ4n) is 4.13. The first-order valence-corrected chi connectivity index (χ1v) is 13.3. The first-order valence-electron chi connectivity index (χ1n) is 11.1. The van der Waals surface area contributed by atoms with Crippen LogP contribution in [0, 0.1) is 9.39 Å². The summed E-state index contributed by atoms with van der Waals surface area (Å²) in [6.07, 6.45) is 1.55. The molecule has 3 aromatic carbocycles. The molecule has 0 saturated heterocycles. The van der Waals surface area contributed by atoms with Crippen LogP contribution in [-0.2, 0) is 4.79 Å². The molecular formula is C27H18ClFIN3O3S. The smallest absolute Gasteiger partial charge is 0.271 e. The number of benzene rings is 3. The van der Waals surface area contributed by atoms with Gasteiger partial charge in [-0.25, -0.2) is 9.38 Å². The molecule has 2 N–H and O–H groups in total. The molecule has 0 aliphatic carbocycles. The zero-order valence-corrected chi connectivity index (χ0v) is 22.9. The van der Waals surface area contributed by atoms with Crippen LogP contribution < -0.4 is 20.2 Å². The van der Waals surface area contributed by atoms with E-state index in [1.165, 1.54) is 16.7 Å². The summed E-state index contributed by atoms with van der Waals surface area (Å²) < 4.78 is 16.1. The number of para-hydroxylation sites is 1. The average Bonchev–Trinajstić information content (AvgIpc) is 3.16. The van der Waals surface area contributed by atoms with Gasteiger partial charge in [-0.15, -0.1) is 0 Å². The van der Waals surface area contributed by atoms with E-state index in [9.17, 15) is 19.1 Å². The average molecular weight is 646 g/mol. The first-order chi connectivity index (χ1) is 17.7. The third-order valence-corrected chi connectivity index (χ3v) is 7.85. The predicted octanol–water partition coefficient (Wildman–Crippen LogP) is 4.98. The van der Waals surface area contributed by atoms with Gasteiger partial charge in [-0.1, -0.05) is 53.3 Å². The zero-order chi connectivity index (χ0) is 26.3. The number of amides is 1. The lowest BCUT2D eigenvalue weighted by molar-refractivity contribution is -0.113. The Bertz CT molecular complexity index is 1750. The molecule has 186 valence electrons. The maximum Gasteiger partial charge on any atom is 0.271 e. The van der Waals surface area contributed by atoms with Gasteiger partial charge in [-0.3, -0.25) is 14.2 Å². The van der Waals surface area contributed by atoms with E-state index < -0.39 is 23.3 Å². The Balaban J connectivity index is 1.70. The highest BCUT2D eigenvalue weighted by molar-refractivity contribution is 14.1. The maximum absolute atomic E-state index is 13.8. The van der Waals surface area contributed by atoms with Gasteiger partial charge in [0.2, 0.25) is 0 Å². The molecule has 0 saturated carbocycles. The van der Waals surface area contributed by atoms with Crippen molar-refractivity contribution in [2.24, 2.45) is 4.99 Å². The molecular weight excluding hydrogens is 628 g/mol. The lowest BCUT2D eigenvalue weighted by Gasteiger charge is -2.25. The molecule has 0 radical (unpaired) electrons. The van der Waals surface area contributed by atoms with Crippen LogP contribution in [-0.4, -0.2) is 15.6 Å². The van der Waals surface area contributed by atoms with Crippen LogP contribution in [0.5, 0.6) is 5.75 Å². The molecule has 0 spiro atoms. The number of aromatic nitrogens is 1. The number of hydrogen-bond donors (Lipinski definition) is 2. The minimum atomic E-state index is -0.837. The lowest BCUT2D eigenvalue weighted by Crippen LogP contribution is -2.40. The zero-order valence-electron chi connectivity index (χ0n) is 19.2. The topological polar surface area (TPSA) is 83.7 Å². The first kappa shape index (κ1) is 25.4. The van der Waals surface area contributed by atoms with E-state index in [2.05, 4.69) is 10.3 Å². The van der Waals surface area contributed by atoms with Crippen LogP contribution in [0.25, 0.3) is 6.08 Å². The number of hydrogen-bond acceptors (Lipinski definition) is 5. The Morgan fingerprint density at radius 3 is 2.59 bits per heavy atom. The molecule has 0 unspecified atom stereocenters. The van der Waals surface area contributed by atoms with E-state index in [4.69, 9.17) is 11.6 Å². The number of rotatable bonds is 4. The van der Waals surface area contributed by atoms with Crippen molar-refractivity contribution in [3.63, 3.8) is 0 Å². The summed E-state index contributed by atoms with van der Waals surface area (Å²) in [6.45, 7) is 1.71. The molecule has 37 heavy (non-hydrogen) atoms. The van der Waals surface area contributed by atoms with Gasteiger partial charge < -0.3 is 10.4 Å². The second kappa shape index (κ2) is 10.2. The van der Waals surface area contributed by atoms with Gasteiger partial charge in [0.1, 0.15) is 11.6 Å². The molecule has 1 atom stereocenters. The number of phenolic OH excluding ortho intramolecular Hbond substituents is 1. The molecule has 1 aromatic heterocycles. The second-order valence-corrected chi connectivity index (χ2v) is 10.9. The highest BCUT2D eigenvalue weighted by Gasteiger charge is 2.32. The molecule has 1 aliphatic heterocycles. The number of allylic oxidation sites excluding steroid dienone is 1. The third-order valence-electron chi connectivity index (χ3n) is 5.83. The van der Waals surface area contributed by atoms with E-state index in [1.54, 1.807) is 61.5 Å². The monoisotopic (exact) mass is 645 g/mol. The minimum Gasteiger partial charge on any atom is -0.506 e. The van der Waals surface area contributed by atoms with Gasteiger partial charge in [-0.2, -0.15) is 0 Å². The fourth-order valence-corrected chi connectivity index (χ4v) is 6.22. The van der Waals surface area contributed by atoms with Gasteiger partial charge >= 0.3 is 0 Å². The Hall–Kier alpha value is -3.28. The summed E-state index contributed by atoms with van der Waals surface area (Å²) >= 11 is 9.26. The number of nitrogens with one attached hydrogen (secondary N) is 1. The number of anilines is 1. The van der Waals surface area contributed by atoms with Gasteiger partial charge in [-0.05, 0) is 77.6 Å². The number of fused-ring (bicyclic) bond motifs is 1. The van der Waals surface area contributed by atoms with Crippen LogP contribution in [0.2, 0.25) is 5.02 Å². The Morgan fingerprint density at radius 1 is 1.19 bits per heavy atom. The van der Waals surface area contributed by atoms with E-state index in [1.807, 2.05) is 28.7 Å². The van der Waals surface area contributed by atoms with Crippen LogP contribution in [0.1, 0.15) is 24.1 Å². The van der Waals surface area contributed by atoms with Crippen LogP contribution >= 0.6 is 45.5 Å². The number of halogens is 3. The summed E-state index contributed by atoms with van der Waals surface area (Å²) in [5.74, 6) is -0.846. The number of carbonyl (C=O) groups is 1. The summed E-state index contributed by atoms with van der Waals surface area (Å²) in [6, 6.07) is 17.0. The normalized spacial score (nSPS) is 15.4. The van der Waals surface area contributed by atoms with Crippen molar-refractivity contribution >= 4 is 63.2 Å². The van der Waals surface area contributed by atoms with Crippen molar-refractivity contribution in [2.45, 2.75) is 13.0 Å². The van der Waals surface area contributed by atoms with E-state index in [0.717, 1.165) is 11.3 Å². The van der Waals surface area contributed by atoms with Crippen molar-refractivity contribution in [3.8, 4) is 5.75 Å². The minimum absolute atomic E-state index is 0.00466. The van der Waals surface area contributed by atoms with Crippen LogP contribution in [0.15, 0.2) is 87.8 Å². The summed E-state index contributed by atoms with van der Waals surface area (Å²) in [5.41, 5.74) is 1.85. The van der Waals surface area contributed by atoms with Crippen molar-refractivity contribution in [2.75, 3.05) is 5.32 Å². The lowest BCUT2D eigenvalue weighted by atomic mass is 9.95. The van der Waals surface area contributed by atoms with Crippen molar-refractivity contribution in [1.82, 2.24) is 4.57 Å². The number of carbonyl (C=O) groups excluding carboxylic acids is 1. The molecule has 10 heteroatoms. The standard InChI is InChI=1S/C27H18ClFIN3O3S/c1-14-22(25(35)32-19-5-3-2-4-6-19)23(15-7-9-18(29)10-8-15)33-26(36)21(37-27(33)31-14)12-16-11-17(28)13-20(30)24(16)34/h2-13,23,34H,1H3,(H,32,35)/b21-12-/t23-/m1/s1. The highest BCUT2D eigenvalue weighted by atomic mass is 127. The number of nitrogens with zero attached hydrogens (tertiary/aromatic N) is 2. The van der Waals surface area contributed by atoms with Gasteiger partial charge in [0.25, 0.3) is 11.5 Å². The van der Waals surface area contributed by atoms with Gasteiger partial charge in [0.05, 0.1) is 25.4 Å². The number of aromatic hydroxyl groups is 1. The van der Waals surface area contributed by atoms with Crippen LogP contribution in [0.4, 0.5) is 10.1 Å². The van der Waals surface area contributed by atoms with Crippen molar-refractivity contribution in [1.29, 1.82) is 0 Å². The van der Waals surface area contributed by atoms with Crippen LogP contribution in [0.3, 0.4) is 0 Å². The Morgan fingerprint density at radius 2 is 1.89 bits per heavy atom. The SMILES string of the molecule is CC1=C(C(=O)Nc2ccccc2)[C@@H](c2ccc(F)cc2)n2c(s/c(=C\c3cc(Cl)cc(I)c3O)c2=O)=N1.